The third kappa shape index (κ3) is 4.38. The SMILES string of the molecule is CCn1c(=O)c(C)nc2cc(C(=O)OCC(=O)Nc3sc4c(c3C(N)=O)CCCC4)ccc21. The van der Waals surface area contributed by atoms with Gasteiger partial charge in [0.1, 0.15) is 10.7 Å². The predicted molar refractivity (Wildman–Crippen MR) is 125 cm³/mol. The molecule has 0 spiro atoms. The fourth-order valence-electron chi connectivity index (χ4n) is 4.11. The van der Waals surface area contributed by atoms with Crippen molar-refractivity contribution < 1.29 is 19.1 Å². The normalized spacial score (nSPS) is 12.9. The summed E-state index contributed by atoms with van der Waals surface area (Å²) in [6.45, 7) is 3.43. The van der Waals surface area contributed by atoms with E-state index in [-0.39, 0.29) is 11.1 Å². The second-order valence-electron chi connectivity index (χ2n) is 7.85. The van der Waals surface area contributed by atoms with Gasteiger partial charge in [0, 0.05) is 11.4 Å². The molecule has 10 heteroatoms. The number of anilines is 1. The van der Waals surface area contributed by atoms with E-state index in [1.54, 1.807) is 17.6 Å². The number of amides is 2. The molecule has 9 nitrogen and oxygen atoms in total. The summed E-state index contributed by atoms with van der Waals surface area (Å²) in [6.07, 6.45) is 3.62. The molecule has 2 heterocycles. The largest absolute Gasteiger partial charge is 0.452 e. The van der Waals surface area contributed by atoms with Gasteiger partial charge in [0.05, 0.1) is 22.2 Å². The Labute approximate surface area is 193 Å². The molecule has 0 fully saturated rings. The van der Waals surface area contributed by atoms with Crippen LogP contribution in [0.5, 0.6) is 0 Å². The van der Waals surface area contributed by atoms with Crippen LogP contribution in [-0.4, -0.2) is 33.9 Å². The highest BCUT2D eigenvalue weighted by molar-refractivity contribution is 7.17. The van der Waals surface area contributed by atoms with Crippen LogP contribution in [0.1, 0.15) is 56.6 Å². The van der Waals surface area contributed by atoms with E-state index in [0.29, 0.717) is 33.8 Å². The summed E-state index contributed by atoms with van der Waals surface area (Å²) >= 11 is 1.35. The van der Waals surface area contributed by atoms with Crippen molar-refractivity contribution in [2.75, 3.05) is 11.9 Å². The van der Waals surface area contributed by atoms with Crippen LogP contribution in [-0.2, 0) is 28.9 Å². The molecule has 0 bridgehead atoms. The van der Waals surface area contributed by atoms with Crippen molar-refractivity contribution >= 4 is 45.2 Å². The van der Waals surface area contributed by atoms with Gasteiger partial charge in [0.2, 0.25) is 0 Å². The number of hydrogen-bond acceptors (Lipinski definition) is 7. The number of primary amides is 1. The van der Waals surface area contributed by atoms with Gasteiger partial charge in [-0.05, 0) is 63.3 Å². The van der Waals surface area contributed by atoms with Crippen LogP contribution in [0.15, 0.2) is 23.0 Å². The first-order valence-electron chi connectivity index (χ1n) is 10.7. The molecule has 3 N–H and O–H groups in total. The lowest BCUT2D eigenvalue weighted by molar-refractivity contribution is -0.119. The Morgan fingerprint density at radius 3 is 2.73 bits per heavy atom. The number of fused-ring (bicyclic) bond motifs is 2. The second-order valence-corrected chi connectivity index (χ2v) is 8.96. The fraction of sp³-hybridized carbons (Fsp3) is 0.348. The van der Waals surface area contributed by atoms with Crippen molar-refractivity contribution in [2.45, 2.75) is 46.1 Å². The Morgan fingerprint density at radius 2 is 2.00 bits per heavy atom. The third-order valence-electron chi connectivity index (χ3n) is 5.67. The summed E-state index contributed by atoms with van der Waals surface area (Å²) in [6, 6.07) is 4.70. The molecule has 33 heavy (non-hydrogen) atoms. The molecule has 172 valence electrons. The van der Waals surface area contributed by atoms with Crippen LogP contribution in [0.4, 0.5) is 5.00 Å². The first-order valence-corrected chi connectivity index (χ1v) is 11.5. The van der Waals surface area contributed by atoms with Crippen molar-refractivity contribution in [1.82, 2.24) is 9.55 Å². The van der Waals surface area contributed by atoms with Gasteiger partial charge in [-0.1, -0.05) is 0 Å². The third-order valence-corrected chi connectivity index (χ3v) is 6.87. The predicted octanol–water partition coefficient (Wildman–Crippen LogP) is 2.56. The number of esters is 1. The van der Waals surface area contributed by atoms with Gasteiger partial charge < -0.3 is 20.4 Å². The Hall–Kier alpha value is -3.53. The molecular weight excluding hydrogens is 444 g/mol. The number of benzene rings is 1. The Bertz CT molecular complexity index is 1340. The summed E-state index contributed by atoms with van der Waals surface area (Å²) in [7, 11) is 0. The number of carbonyl (C=O) groups is 3. The van der Waals surface area contributed by atoms with Crippen molar-refractivity contribution in [1.29, 1.82) is 0 Å². The quantitative estimate of drug-likeness (QED) is 0.534. The summed E-state index contributed by atoms with van der Waals surface area (Å²) < 4.78 is 6.75. The van der Waals surface area contributed by atoms with Crippen molar-refractivity contribution in [3.63, 3.8) is 0 Å². The topological polar surface area (TPSA) is 133 Å². The summed E-state index contributed by atoms with van der Waals surface area (Å²) in [5.41, 5.74) is 8.29. The molecule has 0 unspecified atom stereocenters. The molecule has 0 aliphatic heterocycles. The van der Waals surface area contributed by atoms with E-state index in [2.05, 4.69) is 10.3 Å². The maximum atomic E-state index is 12.5. The molecule has 1 aromatic carbocycles. The van der Waals surface area contributed by atoms with Gasteiger partial charge in [-0.15, -0.1) is 11.3 Å². The number of aromatic nitrogens is 2. The molecule has 0 radical (unpaired) electrons. The van der Waals surface area contributed by atoms with Gasteiger partial charge in [0.15, 0.2) is 6.61 Å². The van der Waals surface area contributed by atoms with Gasteiger partial charge >= 0.3 is 5.97 Å². The molecule has 1 aliphatic rings. The van der Waals surface area contributed by atoms with E-state index in [9.17, 15) is 19.2 Å². The standard InChI is InChI=1S/C23H24N4O5S/c1-3-27-16-9-8-13(10-15(16)25-12(2)22(27)30)23(31)32-11-18(28)26-21-19(20(24)29)14-6-4-5-7-17(14)33-21/h8-10H,3-7,11H2,1-2H3,(H2,24,29)(H,26,28). The number of aryl methyl sites for hydroxylation is 3. The number of nitrogens with two attached hydrogens (primary N) is 1. The lowest BCUT2D eigenvalue weighted by Crippen LogP contribution is -2.24. The Balaban J connectivity index is 1.47. The van der Waals surface area contributed by atoms with E-state index in [1.165, 1.54) is 23.5 Å². The summed E-state index contributed by atoms with van der Waals surface area (Å²) in [4.78, 5) is 54.5. The first kappa shape index (κ1) is 22.7. The van der Waals surface area contributed by atoms with Crippen LogP contribution in [0.3, 0.4) is 0 Å². The van der Waals surface area contributed by atoms with E-state index >= 15 is 0 Å². The molecule has 4 rings (SSSR count). The zero-order chi connectivity index (χ0) is 23.7. The maximum absolute atomic E-state index is 12.5. The Morgan fingerprint density at radius 1 is 1.24 bits per heavy atom. The lowest BCUT2D eigenvalue weighted by atomic mass is 9.95. The number of thiophene rings is 1. The highest BCUT2D eigenvalue weighted by atomic mass is 32.1. The smallest absolute Gasteiger partial charge is 0.338 e. The van der Waals surface area contributed by atoms with Crippen LogP contribution in [0.2, 0.25) is 0 Å². The fourth-order valence-corrected chi connectivity index (χ4v) is 5.42. The minimum atomic E-state index is -0.693. The minimum absolute atomic E-state index is 0.178. The maximum Gasteiger partial charge on any atom is 0.338 e. The van der Waals surface area contributed by atoms with Crippen molar-refractivity contribution in [2.24, 2.45) is 5.73 Å². The highest BCUT2D eigenvalue weighted by Gasteiger charge is 2.25. The Kier molecular flexibility index (Phi) is 6.28. The van der Waals surface area contributed by atoms with Crippen LogP contribution in [0, 0.1) is 6.92 Å². The average molecular weight is 469 g/mol. The molecule has 2 aromatic heterocycles. The molecule has 1 aliphatic carbocycles. The zero-order valence-corrected chi connectivity index (χ0v) is 19.2. The number of hydrogen-bond donors (Lipinski definition) is 2. The number of rotatable bonds is 6. The zero-order valence-electron chi connectivity index (χ0n) is 18.4. The monoisotopic (exact) mass is 468 g/mol. The number of nitrogens with one attached hydrogen (secondary N) is 1. The minimum Gasteiger partial charge on any atom is -0.452 e. The van der Waals surface area contributed by atoms with Crippen molar-refractivity contribution in [3.8, 4) is 0 Å². The number of carbonyl (C=O) groups excluding carboxylic acids is 3. The average Bonchev–Trinajstić information content (AvgIpc) is 3.16. The summed E-state index contributed by atoms with van der Waals surface area (Å²) in [5.74, 6) is -1.83. The van der Waals surface area contributed by atoms with Gasteiger partial charge in [-0.25, -0.2) is 9.78 Å². The van der Waals surface area contributed by atoms with E-state index in [4.69, 9.17) is 10.5 Å². The molecule has 3 aromatic rings. The van der Waals surface area contributed by atoms with Gasteiger partial charge in [-0.2, -0.15) is 0 Å². The van der Waals surface area contributed by atoms with E-state index in [1.807, 2.05) is 6.92 Å². The van der Waals surface area contributed by atoms with Crippen LogP contribution >= 0.6 is 11.3 Å². The van der Waals surface area contributed by atoms with Crippen LogP contribution in [0.25, 0.3) is 11.0 Å². The van der Waals surface area contributed by atoms with Crippen LogP contribution < -0.4 is 16.6 Å². The number of nitrogens with zero attached hydrogens (tertiary/aromatic N) is 2. The van der Waals surface area contributed by atoms with E-state index < -0.39 is 24.4 Å². The summed E-state index contributed by atoms with van der Waals surface area (Å²) in [5, 5.41) is 3.07. The van der Waals surface area contributed by atoms with E-state index in [0.717, 1.165) is 36.1 Å². The molecule has 0 atom stereocenters. The van der Waals surface area contributed by atoms with Crippen molar-refractivity contribution in [3.05, 3.63) is 55.8 Å². The molecule has 0 saturated heterocycles. The van der Waals surface area contributed by atoms with Gasteiger partial charge in [0.25, 0.3) is 17.4 Å². The lowest BCUT2D eigenvalue weighted by Gasteiger charge is -2.11. The molecule has 2 amide bonds. The number of ether oxygens (including phenoxy) is 1. The highest BCUT2D eigenvalue weighted by Crippen LogP contribution is 2.37. The first-order chi connectivity index (χ1) is 15.8. The molecule has 0 saturated carbocycles. The molecular formula is C23H24N4O5S. The second kappa shape index (κ2) is 9.14. The van der Waals surface area contributed by atoms with Gasteiger partial charge in [-0.3, -0.25) is 14.4 Å².